The fraction of sp³-hybridized carbons (Fsp3) is 0.889. The van der Waals surface area contributed by atoms with Crippen LogP contribution in [0.2, 0.25) is 0 Å². The van der Waals surface area contributed by atoms with Crippen molar-refractivity contribution in [2.24, 2.45) is 16.8 Å². The number of aliphatic imine (C=N–C) groups is 1. The van der Waals surface area contributed by atoms with Gasteiger partial charge in [-0.2, -0.15) is 0 Å². The van der Waals surface area contributed by atoms with Crippen molar-refractivity contribution in [1.82, 2.24) is 20.0 Å². The summed E-state index contributed by atoms with van der Waals surface area (Å²) < 4.78 is 0. The summed E-state index contributed by atoms with van der Waals surface area (Å²) in [6.07, 6.45) is 1.32. The van der Waals surface area contributed by atoms with Gasteiger partial charge in [0.15, 0.2) is 5.96 Å². The van der Waals surface area contributed by atoms with E-state index in [-0.39, 0.29) is 29.9 Å². The second-order valence-corrected chi connectivity index (χ2v) is 7.43. The minimum Gasteiger partial charge on any atom is -0.357 e. The second-order valence-electron chi connectivity index (χ2n) is 7.43. The van der Waals surface area contributed by atoms with E-state index in [2.05, 4.69) is 35.9 Å². The first-order valence-electron chi connectivity index (χ1n) is 9.50. The van der Waals surface area contributed by atoms with E-state index in [4.69, 9.17) is 4.99 Å². The predicted molar refractivity (Wildman–Crippen MR) is 115 cm³/mol. The normalized spacial score (nSPS) is 25.5. The Morgan fingerprint density at radius 2 is 1.68 bits per heavy atom. The monoisotopic (exact) mass is 465 g/mol. The Labute approximate surface area is 170 Å². The van der Waals surface area contributed by atoms with Crippen molar-refractivity contribution in [2.75, 3.05) is 58.9 Å². The Morgan fingerprint density at radius 1 is 1.08 bits per heavy atom. The van der Waals surface area contributed by atoms with Crippen LogP contribution in [0.3, 0.4) is 0 Å². The molecule has 6 nitrogen and oxygen atoms in total. The Balaban J connectivity index is 0.00000312. The van der Waals surface area contributed by atoms with Crippen LogP contribution in [0.25, 0.3) is 0 Å². The summed E-state index contributed by atoms with van der Waals surface area (Å²) in [6, 6.07) is 0. The highest BCUT2D eigenvalue weighted by atomic mass is 127. The van der Waals surface area contributed by atoms with Gasteiger partial charge in [-0.25, -0.2) is 0 Å². The van der Waals surface area contributed by atoms with Gasteiger partial charge in [-0.05, 0) is 25.2 Å². The minimum atomic E-state index is 0. The van der Waals surface area contributed by atoms with Gasteiger partial charge in [-0.15, -0.1) is 24.0 Å². The van der Waals surface area contributed by atoms with Gasteiger partial charge in [0.2, 0.25) is 5.91 Å². The molecule has 2 atom stereocenters. The summed E-state index contributed by atoms with van der Waals surface area (Å²) in [4.78, 5) is 23.0. The quantitative estimate of drug-likeness (QED) is 0.390. The summed E-state index contributed by atoms with van der Waals surface area (Å²) in [6.45, 7) is 17.0. The van der Waals surface area contributed by atoms with Crippen molar-refractivity contribution < 1.29 is 4.79 Å². The minimum absolute atomic E-state index is 0. The highest BCUT2D eigenvalue weighted by Gasteiger charge is 2.24. The number of carbonyl (C=O) groups is 1. The zero-order valence-electron chi connectivity index (χ0n) is 16.3. The van der Waals surface area contributed by atoms with Gasteiger partial charge >= 0.3 is 0 Å². The van der Waals surface area contributed by atoms with Crippen LogP contribution in [0.5, 0.6) is 0 Å². The predicted octanol–water partition coefficient (Wildman–Crippen LogP) is 1.71. The molecule has 2 aliphatic heterocycles. The largest absolute Gasteiger partial charge is 0.357 e. The molecule has 1 N–H and O–H groups in total. The average molecular weight is 465 g/mol. The number of nitrogens with one attached hydrogen (secondary N) is 1. The molecule has 2 rings (SSSR count). The summed E-state index contributed by atoms with van der Waals surface area (Å²) in [5.41, 5.74) is 0. The number of rotatable bonds is 4. The van der Waals surface area contributed by atoms with Crippen LogP contribution in [0.15, 0.2) is 4.99 Å². The first-order valence-corrected chi connectivity index (χ1v) is 9.50. The topological polar surface area (TPSA) is 51.2 Å². The molecule has 7 heteroatoms. The number of piperazine rings is 1. The molecule has 0 aliphatic carbocycles. The third kappa shape index (κ3) is 7.29. The van der Waals surface area contributed by atoms with E-state index in [1.807, 2.05) is 4.90 Å². The number of nitrogens with zero attached hydrogens (tertiary/aromatic N) is 4. The maximum Gasteiger partial charge on any atom is 0.219 e. The lowest BCUT2D eigenvalue weighted by atomic mass is 9.92. The Morgan fingerprint density at radius 3 is 2.20 bits per heavy atom. The molecule has 0 aromatic carbocycles. The molecule has 0 aromatic rings. The smallest absolute Gasteiger partial charge is 0.219 e. The molecule has 146 valence electrons. The number of amides is 1. The highest BCUT2D eigenvalue weighted by molar-refractivity contribution is 14.0. The molecule has 0 spiro atoms. The molecular formula is C18H36IN5O. The number of hydrogen-bond donors (Lipinski definition) is 1. The van der Waals surface area contributed by atoms with Gasteiger partial charge in [0.25, 0.3) is 0 Å². The number of likely N-dealkylation sites (tertiary alicyclic amines) is 1. The van der Waals surface area contributed by atoms with E-state index >= 15 is 0 Å². The fourth-order valence-corrected chi connectivity index (χ4v) is 3.85. The lowest BCUT2D eigenvalue weighted by Gasteiger charge is -2.37. The first kappa shape index (κ1) is 22.5. The van der Waals surface area contributed by atoms with E-state index in [0.29, 0.717) is 0 Å². The molecule has 2 saturated heterocycles. The molecule has 0 bridgehead atoms. The molecule has 2 unspecified atom stereocenters. The van der Waals surface area contributed by atoms with E-state index in [1.54, 1.807) is 6.92 Å². The van der Waals surface area contributed by atoms with Gasteiger partial charge in [-0.1, -0.05) is 13.8 Å². The van der Waals surface area contributed by atoms with Gasteiger partial charge in [-0.3, -0.25) is 14.7 Å². The number of hydrogen-bond acceptors (Lipinski definition) is 3. The molecular weight excluding hydrogens is 429 g/mol. The van der Waals surface area contributed by atoms with Crippen LogP contribution in [0, 0.1) is 11.8 Å². The van der Waals surface area contributed by atoms with Gasteiger partial charge in [0.05, 0.1) is 6.54 Å². The fourth-order valence-electron chi connectivity index (χ4n) is 3.85. The van der Waals surface area contributed by atoms with Crippen LogP contribution in [-0.4, -0.2) is 85.5 Å². The molecule has 2 aliphatic rings. The van der Waals surface area contributed by atoms with Gasteiger partial charge in [0.1, 0.15) is 0 Å². The zero-order chi connectivity index (χ0) is 17.5. The summed E-state index contributed by atoms with van der Waals surface area (Å²) in [5.74, 6) is 2.73. The van der Waals surface area contributed by atoms with Crippen molar-refractivity contribution in [3.63, 3.8) is 0 Å². The number of piperidine rings is 1. The van der Waals surface area contributed by atoms with E-state index < -0.39 is 0 Å². The molecule has 1 amide bonds. The molecule has 25 heavy (non-hydrogen) atoms. The lowest BCUT2D eigenvalue weighted by Crippen LogP contribution is -2.49. The van der Waals surface area contributed by atoms with Crippen LogP contribution in [0.1, 0.15) is 34.1 Å². The van der Waals surface area contributed by atoms with Gasteiger partial charge < -0.3 is 15.1 Å². The second kappa shape index (κ2) is 11.2. The first-order chi connectivity index (χ1) is 11.5. The number of carbonyl (C=O) groups excluding carboxylic acids is 1. The van der Waals surface area contributed by atoms with Crippen LogP contribution < -0.4 is 5.32 Å². The molecule has 0 radical (unpaired) electrons. The van der Waals surface area contributed by atoms with E-state index in [1.165, 1.54) is 6.42 Å². The molecule has 0 aromatic heterocycles. The van der Waals surface area contributed by atoms with E-state index in [0.717, 1.165) is 76.7 Å². The van der Waals surface area contributed by atoms with Crippen molar-refractivity contribution in [1.29, 1.82) is 0 Å². The summed E-state index contributed by atoms with van der Waals surface area (Å²) in [7, 11) is 0. The molecule has 0 saturated carbocycles. The van der Waals surface area contributed by atoms with Crippen molar-refractivity contribution in [3.05, 3.63) is 0 Å². The zero-order valence-corrected chi connectivity index (χ0v) is 18.7. The molecule has 2 fully saturated rings. The third-order valence-electron chi connectivity index (χ3n) is 5.00. The Hall–Kier alpha value is -0.570. The number of guanidine groups is 1. The van der Waals surface area contributed by atoms with Gasteiger partial charge in [0, 0.05) is 59.3 Å². The SMILES string of the molecule is CCNC(=NCCN1CCN(C(C)=O)CC1)N1CC(C)CC(C)C1.I. The maximum absolute atomic E-state index is 11.4. The van der Waals surface area contributed by atoms with Crippen molar-refractivity contribution in [3.8, 4) is 0 Å². The lowest BCUT2D eigenvalue weighted by molar-refractivity contribution is -0.130. The van der Waals surface area contributed by atoms with Crippen LogP contribution in [0.4, 0.5) is 0 Å². The van der Waals surface area contributed by atoms with Crippen molar-refractivity contribution >= 4 is 35.8 Å². The third-order valence-corrected chi connectivity index (χ3v) is 5.00. The maximum atomic E-state index is 11.4. The average Bonchev–Trinajstić information content (AvgIpc) is 2.53. The summed E-state index contributed by atoms with van der Waals surface area (Å²) >= 11 is 0. The Bertz CT molecular complexity index is 427. The van der Waals surface area contributed by atoms with E-state index in [9.17, 15) is 4.79 Å². The van der Waals surface area contributed by atoms with Crippen LogP contribution in [-0.2, 0) is 4.79 Å². The van der Waals surface area contributed by atoms with Crippen LogP contribution >= 0.6 is 24.0 Å². The Kier molecular flexibility index (Phi) is 10.1. The summed E-state index contributed by atoms with van der Waals surface area (Å²) in [5, 5.41) is 3.46. The number of halogens is 1. The molecule has 2 heterocycles. The highest BCUT2D eigenvalue weighted by Crippen LogP contribution is 2.20. The standard InChI is InChI=1S/C18H35N5O.HI/c1-5-19-18(23-13-15(2)12-16(3)14-23)20-6-7-21-8-10-22(11-9-21)17(4)24;/h15-16H,5-14H2,1-4H3,(H,19,20);1H. The van der Waals surface area contributed by atoms with Crippen molar-refractivity contribution in [2.45, 2.75) is 34.1 Å².